The fourth-order valence-corrected chi connectivity index (χ4v) is 3.11. The molecule has 1 aliphatic heterocycles. The van der Waals surface area contributed by atoms with Crippen LogP contribution in [0.3, 0.4) is 0 Å². The second-order valence-electron chi connectivity index (χ2n) is 6.30. The summed E-state index contributed by atoms with van der Waals surface area (Å²) in [7, 11) is 1.60. The van der Waals surface area contributed by atoms with Gasteiger partial charge in [0, 0.05) is 11.4 Å². The molecule has 5 nitrogen and oxygen atoms in total. The number of ether oxygens (including phenoxy) is 1. The molecule has 0 unspecified atom stereocenters. The van der Waals surface area contributed by atoms with Crippen LogP contribution >= 0.6 is 0 Å². The zero-order chi connectivity index (χ0) is 18.8. The van der Waals surface area contributed by atoms with E-state index < -0.39 is 0 Å². The Labute approximate surface area is 157 Å². The van der Waals surface area contributed by atoms with Crippen molar-refractivity contribution >= 4 is 23.2 Å². The van der Waals surface area contributed by atoms with Gasteiger partial charge in [-0.25, -0.2) is 0 Å². The van der Waals surface area contributed by atoms with Crippen LogP contribution in [-0.4, -0.2) is 23.8 Å². The van der Waals surface area contributed by atoms with Crippen LogP contribution in [0.2, 0.25) is 0 Å². The van der Waals surface area contributed by atoms with Gasteiger partial charge in [-0.3, -0.25) is 14.5 Å². The van der Waals surface area contributed by atoms with Crippen LogP contribution in [0.5, 0.6) is 5.75 Å². The lowest BCUT2D eigenvalue weighted by Gasteiger charge is -2.14. The van der Waals surface area contributed by atoms with Crippen LogP contribution in [0, 0.1) is 0 Å². The summed E-state index contributed by atoms with van der Waals surface area (Å²) in [5, 5.41) is 3.25. The first-order chi connectivity index (χ1) is 13.2. The van der Waals surface area contributed by atoms with E-state index in [9.17, 15) is 9.59 Å². The second kappa shape index (κ2) is 6.96. The van der Waals surface area contributed by atoms with Crippen LogP contribution in [0.1, 0.15) is 26.3 Å². The Morgan fingerprint density at radius 1 is 0.815 bits per heavy atom. The van der Waals surface area contributed by atoms with E-state index in [-0.39, 0.29) is 18.4 Å². The van der Waals surface area contributed by atoms with Gasteiger partial charge in [0.1, 0.15) is 5.75 Å². The van der Waals surface area contributed by atoms with Gasteiger partial charge in [-0.2, -0.15) is 0 Å². The van der Waals surface area contributed by atoms with E-state index in [0.717, 1.165) is 22.7 Å². The highest BCUT2D eigenvalue weighted by atomic mass is 16.5. The van der Waals surface area contributed by atoms with E-state index in [1.54, 1.807) is 19.2 Å². The van der Waals surface area contributed by atoms with Crippen molar-refractivity contribution in [1.29, 1.82) is 0 Å². The number of carbonyl (C=O) groups excluding carboxylic acids is 2. The van der Waals surface area contributed by atoms with Gasteiger partial charge in [-0.15, -0.1) is 0 Å². The van der Waals surface area contributed by atoms with Gasteiger partial charge in [0.05, 0.1) is 24.8 Å². The number of fused-ring (bicyclic) bond motifs is 1. The first kappa shape index (κ1) is 16.8. The fourth-order valence-electron chi connectivity index (χ4n) is 3.11. The minimum Gasteiger partial charge on any atom is -0.497 e. The molecule has 4 rings (SSSR count). The molecule has 1 N–H and O–H groups in total. The molecule has 5 heteroatoms. The largest absolute Gasteiger partial charge is 0.497 e. The highest BCUT2D eigenvalue weighted by molar-refractivity contribution is 6.21. The van der Waals surface area contributed by atoms with Crippen LogP contribution in [0.15, 0.2) is 72.8 Å². The van der Waals surface area contributed by atoms with E-state index in [0.29, 0.717) is 11.1 Å². The van der Waals surface area contributed by atoms with Gasteiger partial charge < -0.3 is 10.1 Å². The molecule has 0 aliphatic carbocycles. The van der Waals surface area contributed by atoms with E-state index in [2.05, 4.69) is 5.32 Å². The summed E-state index contributed by atoms with van der Waals surface area (Å²) in [5.74, 6) is 0.192. The summed E-state index contributed by atoms with van der Waals surface area (Å²) in [6.45, 7) is 0.234. The lowest BCUT2D eigenvalue weighted by atomic mass is 10.1. The molecule has 0 spiro atoms. The Morgan fingerprint density at radius 2 is 1.52 bits per heavy atom. The molecule has 0 aromatic heterocycles. The standard InChI is InChI=1S/C22H18N2O3/c1-27-18-10-7-15(8-11-18)14-24-21(25)19-12-9-17(13-20(19)22(24)26)23-16-5-3-2-4-6-16/h2-13,23H,14H2,1H3. The highest BCUT2D eigenvalue weighted by Crippen LogP contribution is 2.28. The molecule has 3 aromatic carbocycles. The van der Waals surface area contributed by atoms with Crippen molar-refractivity contribution < 1.29 is 14.3 Å². The number of methoxy groups -OCH3 is 1. The molecule has 1 aliphatic rings. The number of anilines is 2. The number of imide groups is 1. The summed E-state index contributed by atoms with van der Waals surface area (Å²) < 4.78 is 5.14. The van der Waals surface area contributed by atoms with Crippen molar-refractivity contribution in [1.82, 2.24) is 4.90 Å². The molecule has 0 radical (unpaired) electrons. The number of nitrogens with one attached hydrogen (secondary N) is 1. The minimum atomic E-state index is -0.275. The second-order valence-corrected chi connectivity index (χ2v) is 6.30. The number of carbonyl (C=O) groups is 2. The topological polar surface area (TPSA) is 58.6 Å². The maximum absolute atomic E-state index is 12.8. The number of para-hydroxylation sites is 1. The number of hydrogen-bond acceptors (Lipinski definition) is 4. The molecule has 0 saturated carbocycles. The smallest absolute Gasteiger partial charge is 0.261 e. The van der Waals surface area contributed by atoms with Crippen molar-refractivity contribution in [3.63, 3.8) is 0 Å². The van der Waals surface area contributed by atoms with Crippen molar-refractivity contribution in [3.8, 4) is 5.75 Å². The van der Waals surface area contributed by atoms with Crippen molar-refractivity contribution in [2.75, 3.05) is 12.4 Å². The summed E-state index contributed by atoms with van der Waals surface area (Å²) >= 11 is 0. The van der Waals surface area contributed by atoms with E-state index >= 15 is 0 Å². The summed E-state index contributed by atoms with van der Waals surface area (Å²) in [5.41, 5.74) is 3.42. The molecule has 1 heterocycles. The van der Waals surface area contributed by atoms with Crippen molar-refractivity contribution in [3.05, 3.63) is 89.5 Å². The minimum absolute atomic E-state index is 0.234. The Balaban J connectivity index is 1.56. The van der Waals surface area contributed by atoms with Gasteiger partial charge in [-0.05, 0) is 48.0 Å². The van der Waals surface area contributed by atoms with E-state index in [1.165, 1.54) is 4.90 Å². The van der Waals surface area contributed by atoms with Crippen molar-refractivity contribution in [2.45, 2.75) is 6.54 Å². The highest BCUT2D eigenvalue weighted by Gasteiger charge is 2.35. The number of hydrogen-bond donors (Lipinski definition) is 1. The third-order valence-corrected chi connectivity index (χ3v) is 4.53. The predicted molar refractivity (Wildman–Crippen MR) is 103 cm³/mol. The van der Waals surface area contributed by atoms with Crippen LogP contribution in [0.4, 0.5) is 11.4 Å². The Hall–Kier alpha value is -3.60. The Bertz CT molecular complexity index is 998. The number of nitrogens with zero attached hydrogens (tertiary/aromatic N) is 1. The zero-order valence-corrected chi connectivity index (χ0v) is 14.8. The van der Waals surface area contributed by atoms with Gasteiger partial charge in [0.25, 0.3) is 11.8 Å². The molecular formula is C22H18N2O3. The Kier molecular flexibility index (Phi) is 4.34. The van der Waals surface area contributed by atoms with E-state index in [1.807, 2.05) is 60.7 Å². The van der Waals surface area contributed by atoms with Gasteiger partial charge in [0.15, 0.2) is 0 Å². The van der Waals surface area contributed by atoms with E-state index in [4.69, 9.17) is 4.74 Å². The molecule has 0 atom stereocenters. The quantitative estimate of drug-likeness (QED) is 0.693. The molecule has 0 bridgehead atoms. The van der Waals surface area contributed by atoms with Gasteiger partial charge in [-0.1, -0.05) is 30.3 Å². The molecule has 3 aromatic rings. The first-order valence-electron chi connectivity index (χ1n) is 8.61. The normalized spacial score (nSPS) is 12.9. The third kappa shape index (κ3) is 3.27. The first-order valence-corrected chi connectivity index (χ1v) is 8.61. The van der Waals surface area contributed by atoms with Gasteiger partial charge in [0.2, 0.25) is 0 Å². The van der Waals surface area contributed by atoms with Crippen molar-refractivity contribution in [2.24, 2.45) is 0 Å². The fraction of sp³-hybridized carbons (Fsp3) is 0.0909. The van der Waals surface area contributed by atoms with Gasteiger partial charge >= 0.3 is 0 Å². The summed E-state index contributed by atoms with van der Waals surface area (Å²) in [6, 6.07) is 22.3. The van der Waals surface area contributed by atoms with Crippen LogP contribution in [0.25, 0.3) is 0 Å². The summed E-state index contributed by atoms with van der Waals surface area (Å²) in [4.78, 5) is 26.7. The number of amides is 2. The Morgan fingerprint density at radius 3 is 2.22 bits per heavy atom. The zero-order valence-electron chi connectivity index (χ0n) is 14.8. The summed E-state index contributed by atoms with van der Waals surface area (Å²) in [6.07, 6.45) is 0. The van der Waals surface area contributed by atoms with Crippen LogP contribution < -0.4 is 10.1 Å². The average Bonchev–Trinajstić information content (AvgIpc) is 2.94. The number of benzene rings is 3. The molecule has 0 fully saturated rings. The number of rotatable bonds is 5. The SMILES string of the molecule is COc1ccc(CN2C(=O)c3ccc(Nc4ccccc4)cc3C2=O)cc1. The van der Waals surface area contributed by atoms with Crippen LogP contribution in [-0.2, 0) is 6.54 Å². The maximum Gasteiger partial charge on any atom is 0.261 e. The molecule has 27 heavy (non-hydrogen) atoms. The molecule has 2 amide bonds. The third-order valence-electron chi connectivity index (χ3n) is 4.53. The lowest BCUT2D eigenvalue weighted by molar-refractivity contribution is 0.0642. The monoisotopic (exact) mass is 358 g/mol. The molecule has 134 valence electrons. The lowest BCUT2D eigenvalue weighted by Crippen LogP contribution is -2.29. The average molecular weight is 358 g/mol. The molecule has 0 saturated heterocycles. The molecular weight excluding hydrogens is 340 g/mol. The predicted octanol–water partition coefficient (Wildman–Crippen LogP) is 4.24. The maximum atomic E-state index is 12.8.